The number of hydrogen-bond acceptors (Lipinski definition) is 3. The van der Waals surface area contributed by atoms with Crippen molar-refractivity contribution in [2.45, 2.75) is 44.7 Å². The fourth-order valence-electron chi connectivity index (χ4n) is 2.08. The minimum atomic E-state index is 0.0584. The van der Waals surface area contributed by atoms with E-state index in [0.717, 1.165) is 31.7 Å². The zero-order valence-electron chi connectivity index (χ0n) is 11.6. The van der Waals surface area contributed by atoms with Crippen molar-refractivity contribution in [3.8, 4) is 5.75 Å². The lowest BCUT2D eigenvalue weighted by molar-refractivity contribution is 0.406. The Kier molecular flexibility index (Phi) is 3.93. The van der Waals surface area contributed by atoms with Gasteiger partial charge >= 0.3 is 0 Å². The molecule has 100 valence electrons. The number of ether oxygens (including phenoxy) is 1. The van der Waals surface area contributed by atoms with Crippen molar-refractivity contribution < 1.29 is 4.74 Å². The van der Waals surface area contributed by atoms with E-state index in [9.17, 15) is 0 Å². The highest BCUT2D eigenvalue weighted by molar-refractivity contribution is 5.38. The summed E-state index contributed by atoms with van der Waals surface area (Å²) in [6.45, 7) is 6.13. The quantitative estimate of drug-likeness (QED) is 0.812. The minimum Gasteiger partial charge on any atom is -0.496 e. The van der Waals surface area contributed by atoms with Crippen LogP contribution in [0.3, 0.4) is 0 Å². The Morgan fingerprint density at radius 3 is 2.67 bits per heavy atom. The fourth-order valence-corrected chi connectivity index (χ4v) is 2.08. The first-order valence-corrected chi connectivity index (χ1v) is 6.70. The van der Waals surface area contributed by atoms with Crippen molar-refractivity contribution in [2.75, 3.05) is 13.7 Å². The summed E-state index contributed by atoms with van der Waals surface area (Å²) in [5.74, 6) is 1.49. The second kappa shape index (κ2) is 5.29. The molecule has 0 unspecified atom stereocenters. The van der Waals surface area contributed by atoms with E-state index in [2.05, 4.69) is 37.4 Å². The fraction of sp³-hybridized carbons (Fsp3) is 0.600. The van der Waals surface area contributed by atoms with Gasteiger partial charge in [0.05, 0.1) is 7.11 Å². The minimum absolute atomic E-state index is 0.0584. The van der Waals surface area contributed by atoms with Gasteiger partial charge in [0, 0.05) is 24.2 Å². The third-order valence-electron chi connectivity index (χ3n) is 3.66. The van der Waals surface area contributed by atoms with Gasteiger partial charge in [-0.3, -0.25) is 0 Å². The summed E-state index contributed by atoms with van der Waals surface area (Å²) in [6, 6.07) is 6.42. The largest absolute Gasteiger partial charge is 0.496 e. The molecule has 0 saturated heterocycles. The molecular formula is C15H24N2O. The van der Waals surface area contributed by atoms with E-state index in [-0.39, 0.29) is 5.54 Å². The van der Waals surface area contributed by atoms with Crippen molar-refractivity contribution in [3.05, 3.63) is 29.3 Å². The van der Waals surface area contributed by atoms with Crippen LogP contribution in [0.2, 0.25) is 0 Å². The number of rotatable bonds is 6. The Labute approximate surface area is 110 Å². The molecule has 0 amide bonds. The molecule has 3 N–H and O–H groups in total. The second-order valence-electron chi connectivity index (χ2n) is 5.69. The molecule has 0 spiro atoms. The average molecular weight is 248 g/mol. The van der Waals surface area contributed by atoms with Gasteiger partial charge in [-0.15, -0.1) is 0 Å². The smallest absolute Gasteiger partial charge is 0.123 e. The zero-order chi connectivity index (χ0) is 13.2. The van der Waals surface area contributed by atoms with E-state index in [4.69, 9.17) is 10.5 Å². The number of methoxy groups -OCH3 is 1. The van der Waals surface area contributed by atoms with Gasteiger partial charge in [-0.1, -0.05) is 26.0 Å². The van der Waals surface area contributed by atoms with Gasteiger partial charge < -0.3 is 15.8 Å². The van der Waals surface area contributed by atoms with Crippen LogP contribution in [0.1, 0.15) is 43.7 Å². The molecule has 1 fully saturated rings. The summed E-state index contributed by atoms with van der Waals surface area (Å²) in [5, 5.41) is 3.44. The van der Waals surface area contributed by atoms with Crippen LogP contribution in [0, 0.1) is 0 Å². The first-order valence-electron chi connectivity index (χ1n) is 6.70. The molecule has 3 heteroatoms. The van der Waals surface area contributed by atoms with Gasteiger partial charge in [0.25, 0.3) is 0 Å². The number of benzene rings is 1. The number of nitrogens with two attached hydrogens (primary N) is 1. The van der Waals surface area contributed by atoms with Crippen molar-refractivity contribution in [2.24, 2.45) is 5.73 Å². The highest BCUT2D eigenvalue weighted by Crippen LogP contribution is 2.31. The van der Waals surface area contributed by atoms with Gasteiger partial charge in [-0.2, -0.15) is 0 Å². The lowest BCUT2D eigenvalue weighted by Gasteiger charge is -2.15. The number of nitrogens with one attached hydrogen (secondary N) is 1. The van der Waals surface area contributed by atoms with E-state index in [1.54, 1.807) is 7.11 Å². The summed E-state index contributed by atoms with van der Waals surface area (Å²) in [6.07, 6.45) is 2.28. The third-order valence-corrected chi connectivity index (χ3v) is 3.66. The maximum absolute atomic E-state index is 6.07. The monoisotopic (exact) mass is 248 g/mol. The van der Waals surface area contributed by atoms with Crippen LogP contribution >= 0.6 is 0 Å². The average Bonchev–Trinajstić information content (AvgIpc) is 3.07. The topological polar surface area (TPSA) is 47.3 Å². The highest BCUT2D eigenvalue weighted by Gasteiger charge is 2.37. The standard InChI is InChI=1S/C15H24N2O/c1-11(2)12-4-5-14(18-3)13(8-12)9-17-10-15(16)6-7-15/h4-5,8,11,17H,6-7,9-10,16H2,1-3H3. The molecule has 1 aromatic carbocycles. The van der Waals surface area contributed by atoms with Crippen LogP contribution in [0.4, 0.5) is 0 Å². The van der Waals surface area contributed by atoms with Crippen molar-refractivity contribution in [1.29, 1.82) is 0 Å². The van der Waals surface area contributed by atoms with Gasteiger partial charge in [0.2, 0.25) is 0 Å². The number of hydrogen-bond donors (Lipinski definition) is 2. The summed E-state index contributed by atoms with van der Waals surface area (Å²) in [4.78, 5) is 0. The van der Waals surface area contributed by atoms with E-state index >= 15 is 0 Å². The first kappa shape index (κ1) is 13.4. The highest BCUT2D eigenvalue weighted by atomic mass is 16.5. The van der Waals surface area contributed by atoms with Crippen molar-refractivity contribution in [1.82, 2.24) is 5.32 Å². The normalized spacial score (nSPS) is 16.9. The summed E-state index contributed by atoms with van der Waals surface area (Å²) >= 11 is 0. The van der Waals surface area contributed by atoms with Crippen molar-refractivity contribution >= 4 is 0 Å². The van der Waals surface area contributed by atoms with Gasteiger partial charge in [-0.05, 0) is 30.4 Å². The SMILES string of the molecule is COc1ccc(C(C)C)cc1CNCC1(N)CC1. The molecule has 0 heterocycles. The summed E-state index contributed by atoms with van der Waals surface area (Å²) in [5.41, 5.74) is 8.69. The first-order chi connectivity index (χ1) is 8.54. The maximum Gasteiger partial charge on any atom is 0.123 e. The van der Waals surface area contributed by atoms with E-state index in [0.29, 0.717) is 5.92 Å². The Bertz CT molecular complexity index is 411. The molecule has 0 atom stereocenters. The van der Waals surface area contributed by atoms with Crippen molar-refractivity contribution in [3.63, 3.8) is 0 Å². The molecule has 0 aliphatic heterocycles. The predicted molar refractivity (Wildman–Crippen MR) is 74.9 cm³/mol. The molecular weight excluding hydrogens is 224 g/mol. The lowest BCUT2D eigenvalue weighted by atomic mass is 10.00. The van der Waals surface area contributed by atoms with E-state index < -0.39 is 0 Å². The molecule has 0 aromatic heterocycles. The second-order valence-corrected chi connectivity index (χ2v) is 5.69. The predicted octanol–water partition coefficient (Wildman–Crippen LogP) is 2.40. The molecule has 1 saturated carbocycles. The Morgan fingerprint density at radius 1 is 1.39 bits per heavy atom. The third kappa shape index (κ3) is 3.24. The zero-order valence-corrected chi connectivity index (χ0v) is 11.6. The van der Waals surface area contributed by atoms with E-state index in [1.165, 1.54) is 11.1 Å². The summed E-state index contributed by atoms with van der Waals surface area (Å²) in [7, 11) is 1.72. The van der Waals surface area contributed by atoms with Gasteiger partial charge in [0.1, 0.15) is 5.75 Å². The maximum atomic E-state index is 6.07. The molecule has 1 aliphatic rings. The van der Waals surface area contributed by atoms with Crippen LogP contribution in [-0.4, -0.2) is 19.2 Å². The van der Waals surface area contributed by atoms with Crippen LogP contribution in [0.5, 0.6) is 5.75 Å². The molecule has 2 rings (SSSR count). The van der Waals surface area contributed by atoms with Crippen LogP contribution in [0.15, 0.2) is 18.2 Å². The van der Waals surface area contributed by atoms with Crippen LogP contribution in [0.25, 0.3) is 0 Å². The summed E-state index contributed by atoms with van der Waals surface area (Å²) < 4.78 is 5.41. The van der Waals surface area contributed by atoms with E-state index in [1.807, 2.05) is 0 Å². The Morgan fingerprint density at radius 2 is 2.11 bits per heavy atom. The molecule has 1 aromatic rings. The lowest BCUT2D eigenvalue weighted by Crippen LogP contribution is -2.35. The molecule has 1 aliphatic carbocycles. The Hall–Kier alpha value is -1.06. The van der Waals surface area contributed by atoms with Gasteiger partial charge in [0.15, 0.2) is 0 Å². The van der Waals surface area contributed by atoms with Gasteiger partial charge in [-0.25, -0.2) is 0 Å². The molecule has 3 nitrogen and oxygen atoms in total. The molecule has 18 heavy (non-hydrogen) atoms. The van der Waals surface area contributed by atoms with Crippen LogP contribution in [-0.2, 0) is 6.54 Å². The molecule has 0 radical (unpaired) electrons. The van der Waals surface area contributed by atoms with Crippen LogP contribution < -0.4 is 15.8 Å². The molecule has 0 bridgehead atoms. The Balaban J connectivity index is 2.01.